The molecule has 0 aliphatic rings. The molecule has 10 heteroatoms. The molecule has 0 saturated carbocycles. The Hall–Kier alpha value is -4.47. The van der Waals surface area contributed by atoms with Crippen molar-refractivity contribution in [1.29, 1.82) is 0 Å². The summed E-state index contributed by atoms with van der Waals surface area (Å²) in [5, 5.41) is 18.8. The molecule has 0 aliphatic carbocycles. The number of fused-ring (bicyclic) bond motifs is 2. The van der Waals surface area contributed by atoms with Gasteiger partial charge in [0.2, 0.25) is 11.7 Å². The summed E-state index contributed by atoms with van der Waals surface area (Å²) >= 11 is 0. The number of aromatic nitrogens is 5. The van der Waals surface area contributed by atoms with Crippen LogP contribution in [0.5, 0.6) is 0 Å². The number of carbonyl (C=O) groups is 1. The van der Waals surface area contributed by atoms with Crippen molar-refractivity contribution in [2.24, 2.45) is 7.05 Å². The molecule has 0 aliphatic heterocycles. The fourth-order valence-electron chi connectivity index (χ4n) is 3.92. The van der Waals surface area contributed by atoms with Gasteiger partial charge in [0, 0.05) is 37.7 Å². The van der Waals surface area contributed by atoms with Gasteiger partial charge < -0.3 is 14.9 Å². The van der Waals surface area contributed by atoms with Gasteiger partial charge in [-0.2, -0.15) is 4.98 Å². The van der Waals surface area contributed by atoms with Gasteiger partial charge in [-0.1, -0.05) is 17.3 Å². The first-order valence-electron chi connectivity index (χ1n) is 10.3. The highest BCUT2D eigenvalue weighted by Crippen LogP contribution is 2.26. The van der Waals surface area contributed by atoms with Crippen LogP contribution in [0.1, 0.15) is 16.2 Å². The highest BCUT2D eigenvalue weighted by Gasteiger charge is 2.14. The van der Waals surface area contributed by atoms with Crippen molar-refractivity contribution in [3.05, 3.63) is 70.5 Å². The molecule has 0 radical (unpaired) electrons. The van der Waals surface area contributed by atoms with Crippen LogP contribution in [0.15, 0.2) is 58.0 Å². The van der Waals surface area contributed by atoms with E-state index in [0.717, 1.165) is 16.3 Å². The van der Waals surface area contributed by atoms with Crippen LogP contribution >= 0.6 is 0 Å². The summed E-state index contributed by atoms with van der Waals surface area (Å²) in [6, 6.07) is 12.3. The number of aryl methyl sites for hydroxylation is 2. The lowest BCUT2D eigenvalue weighted by molar-refractivity contribution is 0.0697. The predicted octanol–water partition coefficient (Wildman–Crippen LogP) is 3.06. The SMILES string of the molecule is Cc1nc(-c2ccc3ccnc(NCCn4c(=O)c5cc(C(=O)O)ccc5n4C)c3c2)no1. The number of anilines is 1. The first-order chi connectivity index (χ1) is 15.9. The predicted molar refractivity (Wildman–Crippen MR) is 122 cm³/mol. The first-order valence-corrected chi connectivity index (χ1v) is 10.3. The minimum atomic E-state index is -1.06. The second kappa shape index (κ2) is 7.90. The Morgan fingerprint density at radius 3 is 2.76 bits per heavy atom. The lowest BCUT2D eigenvalue weighted by Gasteiger charge is -2.11. The van der Waals surface area contributed by atoms with E-state index in [0.29, 0.717) is 41.5 Å². The molecular formula is C23H20N6O4. The van der Waals surface area contributed by atoms with Gasteiger partial charge in [0.05, 0.1) is 23.0 Å². The van der Waals surface area contributed by atoms with Crippen LogP contribution in [0.4, 0.5) is 5.82 Å². The lowest BCUT2D eigenvalue weighted by Crippen LogP contribution is -2.25. The maximum Gasteiger partial charge on any atom is 0.335 e. The average Bonchev–Trinajstić information content (AvgIpc) is 3.35. The van der Waals surface area contributed by atoms with Gasteiger partial charge >= 0.3 is 5.97 Å². The van der Waals surface area contributed by atoms with E-state index in [9.17, 15) is 14.7 Å². The highest BCUT2D eigenvalue weighted by atomic mass is 16.5. The summed E-state index contributed by atoms with van der Waals surface area (Å²) in [4.78, 5) is 32.9. The smallest absolute Gasteiger partial charge is 0.335 e. The molecule has 3 aromatic heterocycles. The van der Waals surface area contributed by atoms with E-state index in [2.05, 4.69) is 20.4 Å². The Kier molecular flexibility index (Phi) is 4.89. The normalized spacial score (nSPS) is 11.3. The maximum absolute atomic E-state index is 12.9. The van der Waals surface area contributed by atoms with Crippen LogP contribution in [0.3, 0.4) is 0 Å². The number of aromatic carboxylic acids is 1. The van der Waals surface area contributed by atoms with E-state index in [4.69, 9.17) is 4.52 Å². The molecule has 5 aromatic rings. The summed E-state index contributed by atoms with van der Waals surface area (Å²) in [5.74, 6) is 0.609. The number of nitrogens with one attached hydrogen (secondary N) is 1. The molecule has 0 unspecified atom stereocenters. The van der Waals surface area contributed by atoms with Crippen LogP contribution in [0.2, 0.25) is 0 Å². The Balaban J connectivity index is 1.42. The zero-order valence-electron chi connectivity index (χ0n) is 17.9. The molecule has 33 heavy (non-hydrogen) atoms. The summed E-state index contributed by atoms with van der Waals surface area (Å²) in [6.07, 6.45) is 1.72. The van der Waals surface area contributed by atoms with Crippen LogP contribution in [-0.4, -0.2) is 42.1 Å². The Morgan fingerprint density at radius 2 is 2.00 bits per heavy atom. The van der Waals surface area contributed by atoms with Crippen molar-refractivity contribution in [3.63, 3.8) is 0 Å². The number of rotatable bonds is 6. The maximum atomic E-state index is 12.9. The topological polar surface area (TPSA) is 128 Å². The van der Waals surface area contributed by atoms with Gasteiger partial charge in [0.25, 0.3) is 5.56 Å². The number of pyridine rings is 1. The first kappa shape index (κ1) is 20.4. The molecule has 0 fully saturated rings. The van der Waals surface area contributed by atoms with Gasteiger partial charge in [-0.25, -0.2) is 14.5 Å². The van der Waals surface area contributed by atoms with Crippen molar-refractivity contribution in [1.82, 2.24) is 24.5 Å². The molecule has 0 saturated heterocycles. The molecule has 10 nitrogen and oxygen atoms in total. The van der Waals surface area contributed by atoms with Crippen molar-refractivity contribution < 1.29 is 14.4 Å². The average molecular weight is 444 g/mol. The van der Waals surface area contributed by atoms with Gasteiger partial charge in [-0.3, -0.25) is 9.48 Å². The van der Waals surface area contributed by atoms with E-state index in [-0.39, 0.29) is 11.1 Å². The third-order valence-electron chi connectivity index (χ3n) is 5.59. The Bertz CT molecular complexity index is 1580. The molecule has 0 bridgehead atoms. The minimum Gasteiger partial charge on any atom is -0.478 e. The molecule has 0 amide bonds. The summed E-state index contributed by atoms with van der Waals surface area (Å²) in [7, 11) is 1.78. The Labute approximate surface area is 187 Å². The van der Waals surface area contributed by atoms with Crippen molar-refractivity contribution in [2.75, 3.05) is 11.9 Å². The zero-order valence-corrected chi connectivity index (χ0v) is 17.9. The quantitative estimate of drug-likeness (QED) is 0.409. The number of hydrogen-bond donors (Lipinski definition) is 2. The fourth-order valence-corrected chi connectivity index (χ4v) is 3.92. The van der Waals surface area contributed by atoms with Crippen LogP contribution in [0, 0.1) is 6.92 Å². The van der Waals surface area contributed by atoms with Crippen molar-refractivity contribution in [2.45, 2.75) is 13.5 Å². The molecule has 3 heterocycles. The van der Waals surface area contributed by atoms with E-state index >= 15 is 0 Å². The zero-order chi connectivity index (χ0) is 23.1. The van der Waals surface area contributed by atoms with Gasteiger partial charge in [-0.05, 0) is 35.7 Å². The van der Waals surface area contributed by atoms with E-state index < -0.39 is 5.97 Å². The van der Waals surface area contributed by atoms with E-state index in [1.54, 1.807) is 35.6 Å². The van der Waals surface area contributed by atoms with E-state index in [1.807, 2.05) is 24.3 Å². The molecule has 0 atom stereocenters. The van der Waals surface area contributed by atoms with Crippen LogP contribution in [0.25, 0.3) is 33.1 Å². The lowest BCUT2D eigenvalue weighted by atomic mass is 10.1. The summed E-state index contributed by atoms with van der Waals surface area (Å²) in [5.41, 5.74) is 1.34. The number of hydrogen-bond acceptors (Lipinski definition) is 7. The van der Waals surface area contributed by atoms with E-state index in [1.165, 1.54) is 12.1 Å². The molecule has 166 valence electrons. The molecule has 2 N–H and O–H groups in total. The van der Waals surface area contributed by atoms with Gasteiger partial charge in [0.15, 0.2) is 0 Å². The fraction of sp³-hybridized carbons (Fsp3) is 0.174. The van der Waals surface area contributed by atoms with Crippen LogP contribution < -0.4 is 10.9 Å². The molecule has 0 spiro atoms. The van der Waals surface area contributed by atoms with Crippen molar-refractivity contribution >= 4 is 33.5 Å². The largest absolute Gasteiger partial charge is 0.478 e. The number of carboxylic acids is 1. The van der Waals surface area contributed by atoms with Crippen molar-refractivity contribution in [3.8, 4) is 11.4 Å². The molecule has 5 rings (SSSR count). The molecular weight excluding hydrogens is 424 g/mol. The number of carboxylic acid groups (broad SMARTS) is 1. The Morgan fingerprint density at radius 1 is 1.15 bits per heavy atom. The number of nitrogens with zero attached hydrogens (tertiary/aromatic N) is 5. The van der Waals surface area contributed by atoms with Gasteiger partial charge in [0.1, 0.15) is 5.82 Å². The summed E-state index contributed by atoms with van der Waals surface area (Å²) in [6.45, 7) is 2.55. The molecule has 2 aromatic carbocycles. The second-order valence-electron chi connectivity index (χ2n) is 7.65. The summed E-state index contributed by atoms with van der Waals surface area (Å²) < 4.78 is 8.39. The third kappa shape index (κ3) is 3.61. The minimum absolute atomic E-state index is 0.0861. The standard InChI is InChI=1S/C23H20N6O4/c1-13-26-20(27-33-13)15-4-3-14-7-8-24-21(17(14)11-15)25-9-10-29-22(30)18-12-16(23(31)32)5-6-19(18)28(29)2/h3-8,11-12H,9-10H2,1-2H3,(H,24,25)(H,31,32). The van der Waals surface area contributed by atoms with Crippen LogP contribution in [-0.2, 0) is 13.6 Å². The highest BCUT2D eigenvalue weighted by molar-refractivity contribution is 5.94. The van der Waals surface area contributed by atoms with Gasteiger partial charge in [-0.15, -0.1) is 0 Å². The third-order valence-corrected chi connectivity index (χ3v) is 5.59. The monoisotopic (exact) mass is 444 g/mol. The second-order valence-corrected chi connectivity index (χ2v) is 7.65. The number of benzene rings is 2.